The Morgan fingerprint density at radius 1 is 0.812 bits per heavy atom. The van der Waals surface area contributed by atoms with Gasteiger partial charge in [0.1, 0.15) is 0 Å². The van der Waals surface area contributed by atoms with Gasteiger partial charge in [0.05, 0.1) is 11.1 Å². The maximum absolute atomic E-state index is 10.8. The van der Waals surface area contributed by atoms with Gasteiger partial charge in [-0.2, -0.15) is 20.1 Å². The van der Waals surface area contributed by atoms with Gasteiger partial charge in [-0.25, -0.2) is 5.43 Å². The zero-order valence-corrected chi connectivity index (χ0v) is 18.3. The number of benzene rings is 1. The first kappa shape index (κ1) is 21.9. The van der Waals surface area contributed by atoms with E-state index in [9.17, 15) is 10.1 Å². The van der Waals surface area contributed by atoms with Gasteiger partial charge in [-0.05, 0) is 43.4 Å². The molecule has 1 aromatic heterocycles. The first-order valence-corrected chi connectivity index (χ1v) is 11.5. The van der Waals surface area contributed by atoms with Gasteiger partial charge in [0.25, 0.3) is 5.69 Å². The molecular weight excluding hydrogens is 408 g/mol. The van der Waals surface area contributed by atoms with Crippen molar-refractivity contribution >= 4 is 29.7 Å². The van der Waals surface area contributed by atoms with E-state index in [2.05, 4.69) is 30.3 Å². The number of hydrogen-bond acceptors (Lipinski definition) is 9. The molecule has 3 heterocycles. The van der Waals surface area contributed by atoms with E-state index in [1.807, 2.05) is 0 Å². The molecule has 0 bridgehead atoms. The molecule has 0 radical (unpaired) electrons. The van der Waals surface area contributed by atoms with Crippen molar-refractivity contribution in [2.24, 2.45) is 5.10 Å². The molecule has 1 aromatic carbocycles. The second-order valence-electron chi connectivity index (χ2n) is 8.28. The molecule has 10 nitrogen and oxygen atoms in total. The van der Waals surface area contributed by atoms with Crippen LogP contribution in [0.25, 0.3) is 0 Å². The number of hydrogen-bond donors (Lipinski definition) is 1. The highest BCUT2D eigenvalue weighted by molar-refractivity contribution is 5.80. The molecule has 170 valence electrons. The molecule has 2 aromatic rings. The smallest absolute Gasteiger partial charge is 0.269 e. The van der Waals surface area contributed by atoms with Crippen molar-refractivity contribution in [2.75, 3.05) is 41.4 Å². The van der Waals surface area contributed by atoms with Crippen LogP contribution in [-0.4, -0.2) is 52.3 Å². The summed E-state index contributed by atoms with van der Waals surface area (Å²) in [7, 11) is 0. The summed E-state index contributed by atoms with van der Waals surface area (Å²) in [5, 5.41) is 15.1. The first-order chi connectivity index (χ1) is 15.7. The zero-order valence-electron chi connectivity index (χ0n) is 18.3. The van der Waals surface area contributed by atoms with Crippen molar-refractivity contribution in [1.29, 1.82) is 0 Å². The highest BCUT2D eigenvalue weighted by atomic mass is 16.6. The summed E-state index contributed by atoms with van der Waals surface area (Å²) in [6, 6.07) is 6.22. The molecule has 10 heteroatoms. The van der Waals surface area contributed by atoms with Gasteiger partial charge in [-0.3, -0.25) is 10.1 Å². The highest BCUT2D eigenvalue weighted by Crippen LogP contribution is 2.22. The summed E-state index contributed by atoms with van der Waals surface area (Å²) < 4.78 is 0. The molecule has 0 atom stereocenters. The maximum Gasteiger partial charge on any atom is 0.269 e. The van der Waals surface area contributed by atoms with Crippen molar-refractivity contribution < 1.29 is 4.92 Å². The Balaban J connectivity index is 1.54. The molecule has 2 aliphatic heterocycles. The molecule has 4 rings (SSSR count). The quantitative estimate of drug-likeness (QED) is 0.409. The van der Waals surface area contributed by atoms with E-state index in [-0.39, 0.29) is 5.69 Å². The third kappa shape index (κ3) is 5.89. The molecular formula is C22H30N8O2. The van der Waals surface area contributed by atoms with Crippen LogP contribution in [0, 0.1) is 10.1 Å². The lowest BCUT2D eigenvalue weighted by Gasteiger charge is -2.24. The van der Waals surface area contributed by atoms with Crippen molar-refractivity contribution in [3.8, 4) is 0 Å². The number of nitro groups is 1. The lowest BCUT2D eigenvalue weighted by atomic mass is 10.2. The Labute approximate surface area is 187 Å². The standard InChI is InChI=1S/C22H30N8O2/c31-30(32)19-11-9-18(10-12-19)17-23-27-20-24-21(28-13-5-1-2-6-14-28)26-22(25-20)29-15-7-3-4-8-16-29/h9-12,17H,1-8,13-16H2,(H,24,25,26,27)/b23-17-. The average Bonchev–Trinajstić information content (AvgIpc) is 3.25. The number of rotatable bonds is 6. The Bertz CT molecular complexity index is 880. The lowest BCUT2D eigenvalue weighted by Crippen LogP contribution is -2.30. The zero-order chi connectivity index (χ0) is 22.2. The Kier molecular flexibility index (Phi) is 7.42. The summed E-state index contributed by atoms with van der Waals surface area (Å²) in [6.45, 7) is 3.81. The summed E-state index contributed by atoms with van der Waals surface area (Å²) in [4.78, 5) is 29.0. The molecule has 32 heavy (non-hydrogen) atoms. The molecule has 1 N–H and O–H groups in total. The lowest BCUT2D eigenvalue weighted by molar-refractivity contribution is -0.384. The SMILES string of the molecule is O=[N+]([O-])c1ccc(/C=N\Nc2nc(N3CCCCCC3)nc(N3CCCCCC3)n2)cc1. The summed E-state index contributed by atoms with van der Waals surface area (Å²) in [6.07, 6.45) is 11.1. The second kappa shape index (κ2) is 10.8. The van der Waals surface area contributed by atoms with E-state index in [1.54, 1.807) is 18.3 Å². The van der Waals surface area contributed by atoms with Crippen LogP contribution in [0.4, 0.5) is 23.5 Å². The number of nitrogens with one attached hydrogen (secondary N) is 1. The van der Waals surface area contributed by atoms with Gasteiger partial charge >= 0.3 is 0 Å². The first-order valence-electron chi connectivity index (χ1n) is 11.5. The molecule has 2 fully saturated rings. The molecule has 0 aliphatic carbocycles. The molecule has 0 unspecified atom stereocenters. The minimum Gasteiger partial charge on any atom is -0.341 e. The highest BCUT2D eigenvalue weighted by Gasteiger charge is 2.19. The number of anilines is 3. The van der Waals surface area contributed by atoms with Gasteiger partial charge < -0.3 is 9.80 Å². The number of nitrogens with zero attached hydrogens (tertiary/aromatic N) is 7. The fourth-order valence-corrected chi connectivity index (χ4v) is 4.07. The predicted molar refractivity (Wildman–Crippen MR) is 126 cm³/mol. The van der Waals surface area contributed by atoms with Gasteiger partial charge in [-0.15, -0.1) is 0 Å². The van der Waals surface area contributed by atoms with E-state index in [1.165, 1.54) is 37.8 Å². The van der Waals surface area contributed by atoms with Crippen LogP contribution in [0.1, 0.15) is 56.9 Å². The van der Waals surface area contributed by atoms with Gasteiger partial charge in [0.15, 0.2) is 0 Å². The van der Waals surface area contributed by atoms with Crippen LogP contribution in [0.15, 0.2) is 29.4 Å². The van der Waals surface area contributed by atoms with Crippen LogP contribution in [0.5, 0.6) is 0 Å². The Morgan fingerprint density at radius 2 is 1.31 bits per heavy atom. The number of non-ortho nitro benzene ring substituents is 1. The van der Waals surface area contributed by atoms with Crippen molar-refractivity contribution in [3.63, 3.8) is 0 Å². The summed E-state index contributed by atoms with van der Waals surface area (Å²) in [5.41, 5.74) is 3.74. The van der Waals surface area contributed by atoms with E-state index in [4.69, 9.17) is 4.98 Å². The second-order valence-corrected chi connectivity index (χ2v) is 8.28. The van der Waals surface area contributed by atoms with Crippen LogP contribution in [-0.2, 0) is 0 Å². The minimum absolute atomic E-state index is 0.0526. The Hall–Kier alpha value is -3.30. The minimum atomic E-state index is -0.418. The van der Waals surface area contributed by atoms with Crippen LogP contribution in [0.2, 0.25) is 0 Å². The van der Waals surface area contributed by atoms with Crippen LogP contribution >= 0.6 is 0 Å². The topological polar surface area (TPSA) is 113 Å². The molecule has 0 saturated carbocycles. The van der Waals surface area contributed by atoms with Gasteiger partial charge in [0.2, 0.25) is 17.8 Å². The number of nitro benzene ring substituents is 1. The maximum atomic E-state index is 10.8. The van der Waals surface area contributed by atoms with Crippen LogP contribution in [0.3, 0.4) is 0 Å². The molecule has 2 saturated heterocycles. The van der Waals surface area contributed by atoms with E-state index in [0.29, 0.717) is 17.8 Å². The monoisotopic (exact) mass is 438 g/mol. The number of hydrazone groups is 1. The molecule has 2 aliphatic rings. The average molecular weight is 439 g/mol. The largest absolute Gasteiger partial charge is 0.341 e. The van der Waals surface area contributed by atoms with Crippen molar-refractivity contribution in [3.05, 3.63) is 39.9 Å². The fourth-order valence-electron chi connectivity index (χ4n) is 4.07. The summed E-state index contributed by atoms with van der Waals surface area (Å²) in [5.74, 6) is 1.82. The van der Waals surface area contributed by atoms with Crippen molar-refractivity contribution in [2.45, 2.75) is 51.4 Å². The van der Waals surface area contributed by atoms with E-state index >= 15 is 0 Å². The molecule has 0 amide bonds. The third-order valence-corrected chi connectivity index (χ3v) is 5.87. The predicted octanol–water partition coefficient (Wildman–Crippen LogP) is 3.99. The van der Waals surface area contributed by atoms with Gasteiger partial charge in [0, 0.05) is 38.3 Å². The van der Waals surface area contributed by atoms with E-state index < -0.39 is 4.92 Å². The van der Waals surface area contributed by atoms with Crippen LogP contribution < -0.4 is 15.2 Å². The number of aromatic nitrogens is 3. The van der Waals surface area contributed by atoms with E-state index in [0.717, 1.165) is 57.4 Å². The molecule has 0 spiro atoms. The van der Waals surface area contributed by atoms with Gasteiger partial charge in [-0.1, -0.05) is 25.7 Å². The summed E-state index contributed by atoms with van der Waals surface area (Å²) >= 11 is 0. The van der Waals surface area contributed by atoms with Crippen molar-refractivity contribution in [1.82, 2.24) is 15.0 Å². The Morgan fingerprint density at radius 3 is 1.78 bits per heavy atom. The third-order valence-electron chi connectivity index (χ3n) is 5.87. The normalized spacial score (nSPS) is 17.8. The fraction of sp³-hybridized carbons (Fsp3) is 0.545.